The lowest BCUT2D eigenvalue weighted by molar-refractivity contribution is -0.121. The average molecular weight is 345 g/mol. The number of rotatable bonds is 1. The Labute approximate surface area is 142 Å². The van der Waals surface area contributed by atoms with Crippen LogP contribution in [0.3, 0.4) is 0 Å². The number of imide groups is 1. The van der Waals surface area contributed by atoms with Crippen molar-refractivity contribution in [2.45, 2.75) is 24.3 Å². The Balaban J connectivity index is 1.79. The summed E-state index contributed by atoms with van der Waals surface area (Å²) in [6.45, 7) is 3.92. The molecule has 0 radical (unpaired) electrons. The second-order valence-corrected chi connectivity index (χ2v) is 8.21. The fourth-order valence-electron chi connectivity index (χ4n) is 3.06. The lowest BCUT2D eigenvalue weighted by Crippen LogP contribution is -2.32. The van der Waals surface area contributed by atoms with E-state index in [4.69, 9.17) is 0 Å². The summed E-state index contributed by atoms with van der Waals surface area (Å²) in [5.41, 5.74) is 2.54. The Morgan fingerprint density at radius 3 is 2.35 bits per heavy atom. The van der Waals surface area contributed by atoms with Crippen LogP contribution in [0.1, 0.15) is 11.3 Å². The molecule has 0 spiro atoms. The molecule has 0 saturated carbocycles. The lowest BCUT2D eigenvalue weighted by atomic mass is 10.1. The predicted octanol–water partition coefficient (Wildman–Crippen LogP) is 2.34. The standard InChI is InChI=1S/C16H15N3O2S2/c1-8-7-9(2)17-14-10(8)3-4-11(18-14)19-15(20)12-13(16(19)21)23-6-5-22-12/h3-4,7,12-13H,5-6H2,1-2H3. The molecule has 7 heteroatoms. The SMILES string of the molecule is Cc1cc(C)c2ccc(N3C(=O)C4SCCSC4C3=O)nc2n1. The second kappa shape index (κ2) is 5.49. The first-order chi connectivity index (χ1) is 11.1. The molecule has 2 saturated heterocycles. The van der Waals surface area contributed by atoms with Gasteiger partial charge in [0.2, 0.25) is 11.8 Å². The first-order valence-electron chi connectivity index (χ1n) is 7.42. The van der Waals surface area contributed by atoms with Crippen molar-refractivity contribution in [3.63, 3.8) is 0 Å². The van der Waals surface area contributed by atoms with Gasteiger partial charge in [-0.05, 0) is 37.6 Å². The van der Waals surface area contributed by atoms with Gasteiger partial charge < -0.3 is 0 Å². The van der Waals surface area contributed by atoms with E-state index in [-0.39, 0.29) is 22.3 Å². The molecular weight excluding hydrogens is 330 g/mol. The van der Waals surface area contributed by atoms with E-state index in [0.29, 0.717) is 11.5 Å². The van der Waals surface area contributed by atoms with Crippen LogP contribution in [-0.4, -0.2) is 43.8 Å². The number of amides is 2. The Hall–Kier alpha value is -1.60. The minimum atomic E-state index is -0.272. The molecular formula is C16H15N3O2S2. The molecule has 2 unspecified atom stereocenters. The van der Waals surface area contributed by atoms with E-state index in [9.17, 15) is 9.59 Å². The summed E-state index contributed by atoms with van der Waals surface area (Å²) < 4.78 is 0. The van der Waals surface area contributed by atoms with Gasteiger partial charge in [0.15, 0.2) is 5.65 Å². The Morgan fingerprint density at radius 1 is 1.04 bits per heavy atom. The first-order valence-corrected chi connectivity index (χ1v) is 9.52. The van der Waals surface area contributed by atoms with Crippen LogP contribution in [0.4, 0.5) is 5.82 Å². The number of nitrogens with zero attached hydrogens (tertiary/aromatic N) is 3. The molecule has 5 nitrogen and oxygen atoms in total. The highest BCUT2D eigenvalue weighted by molar-refractivity contribution is 8.08. The maximum absolute atomic E-state index is 12.6. The number of hydrogen-bond donors (Lipinski definition) is 0. The molecule has 2 amide bonds. The van der Waals surface area contributed by atoms with Crippen molar-refractivity contribution < 1.29 is 9.59 Å². The van der Waals surface area contributed by atoms with Crippen LogP contribution in [0.2, 0.25) is 0 Å². The van der Waals surface area contributed by atoms with Gasteiger partial charge in [0, 0.05) is 22.6 Å². The van der Waals surface area contributed by atoms with Crippen LogP contribution in [-0.2, 0) is 9.59 Å². The van der Waals surface area contributed by atoms with Crippen molar-refractivity contribution in [2.24, 2.45) is 0 Å². The smallest absolute Gasteiger partial charge is 0.249 e. The van der Waals surface area contributed by atoms with E-state index in [1.807, 2.05) is 26.0 Å². The Morgan fingerprint density at radius 2 is 1.70 bits per heavy atom. The molecule has 2 fully saturated rings. The second-order valence-electron chi connectivity index (χ2n) is 5.72. The van der Waals surface area contributed by atoms with E-state index in [0.717, 1.165) is 28.1 Å². The lowest BCUT2D eigenvalue weighted by Gasteiger charge is -2.19. The number of pyridine rings is 2. The number of hydrogen-bond acceptors (Lipinski definition) is 6. The van der Waals surface area contributed by atoms with E-state index in [1.165, 1.54) is 4.90 Å². The monoisotopic (exact) mass is 345 g/mol. The number of aryl methyl sites for hydroxylation is 2. The molecule has 2 aliphatic heterocycles. The summed E-state index contributed by atoms with van der Waals surface area (Å²) in [6, 6.07) is 5.63. The van der Waals surface area contributed by atoms with Gasteiger partial charge in [0.05, 0.1) is 0 Å². The number of carbonyl (C=O) groups excluding carboxylic acids is 2. The van der Waals surface area contributed by atoms with Crippen molar-refractivity contribution >= 4 is 52.2 Å². The molecule has 2 aromatic heterocycles. The van der Waals surface area contributed by atoms with Gasteiger partial charge in [0.1, 0.15) is 16.3 Å². The van der Waals surface area contributed by atoms with Gasteiger partial charge in [-0.3, -0.25) is 9.59 Å². The van der Waals surface area contributed by atoms with Crippen LogP contribution in [0.15, 0.2) is 18.2 Å². The highest BCUT2D eigenvalue weighted by atomic mass is 32.2. The molecule has 2 aliphatic rings. The minimum absolute atomic E-state index is 0.145. The molecule has 0 N–H and O–H groups in total. The van der Waals surface area contributed by atoms with Crippen molar-refractivity contribution in [1.29, 1.82) is 0 Å². The zero-order chi connectivity index (χ0) is 16.1. The van der Waals surface area contributed by atoms with Crippen LogP contribution in [0.5, 0.6) is 0 Å². The van der Waals surface area contributed by atoms with Crippen molar-refractivity contribution in [1.82, 2.24) is 9.97 Å². The predicted molar refractivity (Wildman–Crippen MR) is 94.0 cm³/mol. The van der Waals surface area contributed by atoms with Crippen LogP contribution in [0, 0.1) is 13.8 Å². The van der Waals surface area contributed by atoms with Gasteiger partial charge in [-0.25, -0.2) is 14.9 Å². The fraction of sp³-hybridized carbons (Fsp3) is 0.375. The number of thioether (sulfide) groups is 2. The van der Waals surface area contributed by atoms with Gasteiger partial charge >= 0.3 is 0 Å². The Bertz CT molecular complexity index is 815. The Kier molecular flexibility index (Phi) is 3.57. The van der Waals surface area contributed by atoms with Gasteiger partial charge in [-0.15, -0.1) is 23.5 Å². The first kappa shape index (κ1) is 15.0. The summed E-state index contributed by atoms with van der Waals surface area (Å²) in [6.07, 6.45) is 0. The maximum Gasteiger partial charge on any atom is 0.249 e. The summed E-state index contributed by atoms with van der Waals surface area (Å²) in [5, 5.41) is 0.400. The van der Waals surface area contributed by atoms with E-state index < -0.39 is 0 Å². The normalized spacial score (nSPS) is 24.3. The van der Waals surface area contributed by atoms with Gasteiger partial charge in [-0.1, -0.05) is 0 Å². The molecule has 4 rings (SSSR count). The third-order valence-electron chi connectivity index (χ3n) is 4.10. The maximum atomic E-state index is 12.6. The highest BCUT2D eigenvalue weighted by Crippen LogP contribution is 2.39. The van der Waals surface area contributed by atoms with E-state index in [1.54, 1.807) is 29.6 Å². The molecule has 0 bridgehead atoms. The topological polar surface area (TPSA) is 63.2 Å². The molecule has 2 aromatic rings. The van der Waals surface area contributed by atoms with Crippen LogP contribution in [0.25, 0.3) is 11.0 Å². The van der Waals surface area contributed by atoms with Crippen molar-refractivity contribution in [3.8, 4) is 0 Å². The zero-order valence-electron chi connectivity index (χ0n) is 12.8. The number of fused-ring (bicyclic) bond motifs is 2. The minimum Gasteiger partial charge on any atom is -0.273 e. The third-order valence-corrected chi connectivity index (χ3v) is 7.08. The molecule has 2 atom stereocenters. The van der Waals surface area contributed by atoms with Crippen molar-refractivity contribution in [3.05, 3.63) is 29.5 Å². The van der Waals surface area contributed by atoms with E-state index in [2.05, 4.69) is 9.97 Å². The molecule has 23 heavy (non-hydrogen) atoms. The largest absolute Gasteiger partial charge is 0.273 e. The zero-order valence-corrected chi connectivity index (χ0v) is 14.4. The molecule has 118 valence electrons. The molecule has 0 aliphatic carbocycles. The third kappa shape index (κ3) is 2.33. The van der Waals surface area contributed by atoms with Gasteiger partial charge in [0.25, 0.3) is 0 Å². The van der Waals surface area contributed by atoms with Crippen LogP contribution < -0.4 is 4.90 Å². The number of aromatic nitrogens is 2. The summed E-state index contributed by atoms with van der Waals surface area (Å²) in [5.74, 6) is 1.91. The highest BCUT2D eigenvalue weighted by Gasteiger charge is 2.50. The van der Waals surface area contributed by atoms with Crippen molar-refractivity contribution in [2.75, 3.05) is 16.4 Å². The average Bonchev–Trinajstić information content (AvgIpc) is 2.78. The summed E-state index contributed by atoms with van der Waals surface area (Å²) in [7, 11) is 0. The molecule has 0 aromatic carbocycles. The van der Waals surface area contributed by atoms with E-state index >= 15 is 0 Å². The quantitative estimate of drug-likeness (QED) is 0.739. The fourth-order valence-corrected chi connectivity index (χ4v) is 5.89. The number of anilines is 1. The van der Waals surface area contributed by atoms with Crippen LogP contribution >= 0.6 is 23.5 Å². The molecule has 4 heterocycles. The summed E-state index contributed by atoms with van der Waals surface area (Å²) in [4.78, 5) is 35.4. The van der Waals surface area contributed by atoms with Gasteiger partial charge in [-0.2, -0.15) is 0 Å². The number of carbonyl (C=O) groups is 2. The summed E-state index contributed by atoms with van der Waals surface area (Å²) >= 11 is 3.15.